The van der Waals surface area contributed by atoms with Crippen molar-refractivity contribution in [1.29, 1.82) is 0 Å². The summed E-state index contributed by atoms with van der Waals surface area (Å²) in [4.78, 5) is 16.4. The van der Waals surface area contributed by atoms with Gasteiger partial charge in [-0.15, -0.1) is 12.3 Å². The summed E-state index contributed by atoms with van der Waals surface area (Å²) in [6.07, 6.45) is 12.4. The van der Waals surface area contributed by atoms with Crippen molar-refractivity contribution in [2.75, 3.05) is 32.7 Å². The molecule has 0 atom stereocenters. The van der Waals surface area contributed by atoms with Gasteiger partial charge in [-0.2, -0.15) is 5.10 Å². The Hall–Kier alpha value is -2.43. The molecule has 1 aliphatic heterocycles. The standard InChI is InChI=1S/C20H20BrFN4O/c1-2-3-8-24-9-11-25(12-10-24)20(27)7-5-16-4-6-19(18(22)13-16)26-15-17(21)14-23-26/h1,4-7,13-15H,3,8-12H2/b7-5+. The van der Waals surface area contributed by atoms with Crippen molar-refractivity contribution < 1.29 is 9.18 Å². The molecule has 3 rings (SSSR count). The molecule has 1 amide bonds. The van der Waals surface area contributed by atoms with Crippen molar-refractivity contribution in [3.05, 3.63) is 52.5 Å². The number of terminal acetylenes is 1. The van der Waals surface area contributed by atoms with Gasteiger partial charge in [-0.1, -0.05) is 6.07 Å². The van der Waals surface area contributed by atoms with Gasteiger partial charge < -0.3 is 4.90 Å². The van der Waals surface area contributed by atoms with Crippen molar-refractivity contribution in [3.8, 4) is 18.0 Å². The molecule has 1 fully saturated rings. The molecule has 0 bridgehead atoms. The number of benzene rings is 1. The van der Waals surface area contributed by atoms with Crippen LogP contribution < -0.4 is 0 Å². The zero-order valence-corrected chi connectivity index (χ0v) is 16.4. The van der Waals surface area contributed by atoms with Gasteiger partial charge in [0.25, 0.3) is 0 Å². The molecule has 0 N–H and O–H groups in total. The molecule has 0 spiro atoms. The van der Waals surface area contributed by atoms with Gasteiger partial charge in [0.15, 0.2) is 0 Å². The zero-order chi connectivity index (χ0) is 19.2. The summed E-state index contributed by atoms with van der Waals surface area (Å²) in [6.45, 7) is 3.87. The highest BCUT2D eigenvalue weighted by Gasteiger charge is 2.18. The van der Waals surface area contributed by atoms with Gasteiger partial charge >= 0.3 is 0 Å². The Morgan fingerprint density at radius 3 is 2.74 bits per heavy atom. The summed E-state index contributed by atoms with van der Waals surface area (Å²) in [5.74, 6) is 2.17. The second kappa shape index (κ2) is 8.98. The summed E-state index contributed by atoms with van der Waals surface area (Å²) >= 11 is 3.29. The van der Waals surface area contributed by atoms with E-state index in [9.17, 15) is 9.18 Å². The Kier molecular flexibility index (Phi) is 6.43. The number of piperazine rings is 1. The van der Waals surface area contributed by atoms with Crippen LogP contribution in [0.3, 0.4) is 0 Å². The van der Waals surface area contributed by atoms with E-state index in [0.29, 0.717) is 24.3 Å². The fraction of sp³-hybridized carbons (Fsp3) is 0.300. The van der Waals surface area contributed by atoms with Gasteiger partial charge in [0.05, 0.1) is 10.7 Å². The quantitative estimate of drug-likeness (QED) is 0.540. The predicted octanol–water partition coefficient (Wildman–Crippen LogP) is 2.95. The lowest BCUT2D eigenvalue weighted by atomic mass is 10.1. The summed E-state index contributed by atoms with van der Waals surface area (Å²) in [7, 11) is 0. The van der Waals surface area contributed by atoms with Crippen molar-refractivity contribution in [2.24, 2.45) is 0 Å². The third-order valence-electron chi connectivity index (χ3n) is 4.44. The average Bonchev–Trinajstić information content (AvgIpc) is 3.11. The highest BCUT2D eigenvalue weighted by Crippen LogP contribution is 2.18. The fourth-order valence-corrected chi connectivity index (χ4v) is 3.22. The molecule has 1 aliphatic rings. The van der Waals surface area contributed by atoms with Crippen LogP contribution in [-0.4, -0.2) is 58.2 Å². The highest BCUT2D eigenvalue weighted by atomic mass is 79.9. The monoisotopic (exact) mass is 430 g/mol. The second-order valence-corrected chi connectivity index (χ2v) is 7.18. The Morgan fingerprint density at radius 2 is 2.11 bits per heavy atom. The number of halogens is 2. The van der Waals surface area contributed by atoms with E-state index in [-0.39, 0.29) is 5.91 Å². The molecule has 140 valence electrons. The first-order valence-corrected chi connectivity index (χ1v) is 9.49. The van der Waals surface area contributed by atoms with Crippen LogP contribution in [0.2, 0.25) is 0 Å². The fourth-order valence-electron chi connectivity index (χ4n) is 2.93. The minimum absolute atomic E-state index is 0.0629. The molecule has 2 heterocycles. The van der Waals surface area contributed by atoms with Crippen LogP contribution in [0.25, 0.3) is 11.8 Å². The SMILES string of the molecule is C#CCCN1CCN(C(=O)/C=C/c2ccc(-n3cc(Br)cn3)c(F)c2)CC1. The first kappa shape index (κ1) is 19.3. The number of hydrogen-bond acceptors (Lipinski definition) is 3. The number of amides is 1. The van der Waals surface area contributed by atoms with E-state index in [1.54, 1.807) is 35.5 Å². The lowest BCUT2D eigenvalue weighted by Gasteiger charge is -2.33. The number of carbonyl (C=O) groups excluding carboxylic acids is 1. The first-order chi connectivity index (χ1) is 13.1. The van der Waals surface area contributed by atoms with Crippen molar-refractivity contribution in [1.82, 2.24) is 19.6 Å². The van der Waals surface area contributed by atoms with Crippen LogP contribution in [0.1, 0.15) is 12.0 Å². The van der Waals surface area contributed by atoms with E-state index in [4.69, 9.17) is 6.42 Å². The van der Waals surface area contributed by atoms with Gasteiger partial charge in [0, 0.05) is 51.4 Å². The van der Waals surface area contributed by atoms with Crippen LogP contribution in [0.4, 0.5) is 4.39 Å². The molecule has 0 aliphatic carbocycles. The molecule has 1 saturated heterocycles. The first-order valence-electron chi connectivity index (χ1n) is 8.70. The lowest BCUT2D eigenvalue weighted by Crippen LogP contribution is -2.48. The molecular formula is C20H20BrFN4O. The van der Waals surface area contributed by atoms with Crippen LogP contribution in [0.15, 0.2) is 41.1 Å². The minimum Gasteiger partial charge on any atom is -0.337 e. The molecule has 0 unspecified atom stereocenters. The molecule has 1 aromatic heterocycles. The predicted molar refractivity (Wildman–Crippen MR) is 107 cm³/mol. The third kappa shape index (κ3) is 5.06. The van der Waals surface area contributed by atoms with E-state index < -0.39 is 5.82 Å². The van der Waals surface area contributed by atoms with Crippen LogP contribution >= 0.6 is 15.9 Å². The molecular weight excluding hydrogens is 411 g/mol. The average molecular weight is 431 g/mol. The number of carbonyl (C=O) groups is 1. The molecule has 7 heteroatoms. The van der Waals surface area contributed by atoms with Gasteiger partial charge in [-0.25, -0.2) is 9.07 Å². The molecule has 27 heavy (non-hydrogen) atoms. The summed E-state index contributed by atoms with van der Waals surface area (Å²) < 4.78 is 16.6. The van der Waals surface area contributed by atoms with Crippen LogP contribution in [0.5, 0.6) is 0 Å². The van der Waals surface area contributed by atoms with Gasteiger partial charge in [0.1, 0.15) is 11.5 Å². The number of nitrogens with zero attached hydrogens (tertiary/aromatic N) is 4. The topological polar surface area (TPSA) is 41.4 Å². The maximum absolute atomic E-state index is 14.3. The van der Waals surface area contributed by atoms with E-state index >= 15 is 0 Å². The summed E-state index contributed by atoms with van der Waals surface area (Å²) in [6, 6.07) is 4.80. The summed E-state index contributed by atoms with van der Waals surface area (Å²) in [5.41, 5.74) is 0.982. The molecule has 5 nitrogen and oxygen atoms in total. The van der Waals surface area contributed by atoms with E-state index in [1.165, 1.54) is 16.8 Å². The third-order valence-corrected chi connectivity index (χ3v) is 4.85. The van der Waals surface area contributed by atoms with Gasteiger partial charge in [-0.3, -0.25) is 9.69 Å². The molecule has 1 aromatic carbocycles. The largest absolute Gasteiger partial charge is 0.337 e. The van der Waals surface area contributed by atoms with Gasteiger partial charge in [0.2, 0.25) is 5.91 Å². The second-order valence-electron chi connectivity index (χ2n) is 6.27. The number of aromatic nitrogens is 2. The highest BCUT2D eigenvalue weighted by molar-refractivity contribution is 9.10. The van der Waals surface area contributed by atoms with E-state index in [0.717, 1.165) is 30.5 Å². The number of hydrogen-bond donors (Lipinski definition) is 0. The van der Waals surface area contributed by atoms with Crippen molar-refractivity contribution in [3.63, 3.8) is 0 Å². The van der Waals surface area contributed by atoms with Gasteiger partial charge in [-0.05, 0) is 39.7 Å². The van der Waals surface area contributed by atoms with Crippen molar-refractivity contribution in [2.45, 2.75) is 6.42 Å². The maximum atomic E-state index is 14.3. The molecule has 0 radical (unpaired) electrons. The maximum Gasteiger partial charge on any atom is 0.246 e. The Labute approximate surface area is 166 Å². The van der Waals surface area contributed by atoms with Crippen LogP contribution in [-0.2, 0) is 4.79 Å². The van der Waals surface area contributed by atoms with E-state index in [2.05, 4.69) is 31.8 Å². The summed E-state index contributed by atoms with van der Waals surface area (Å²) in [5, 5.41) is 4.07. The normalized spacial score (nSPS) is 15.2. The Morgan fingerprint density at radius 1 is 1.33 bits per heavy atom. The Balaban J connectivity index is 1.59. The number of rotatable bonds is 5. The van der Waals surface area contributed by atoms with Crippen molar-refractivity contribution >= 4 is 27.9 Å². The molecule has 2 aromatic rings. The van der Waals surface area contributed by atoms with E-state index in [1.807, 2.05) is 0 Å². The smallest absolute Gasteiger partial charge is 0.246 e. The zero-order valence-electron chi connectivity index (χ0n) is 14.8. The van der Waals surface area contributed by atoms with Crippen LogP contribution in [0, 0.1) is 18.2 Å². The minimum atomic E-state index is -0.401. The Bertz CT molecular complexity index is 878. The molecule has 0 saturated carbocycles. The lowest BCUT2D eigenvalue weighted by molar-refractivity contribution is -0.127.